The first-order valence-electron chi connectivity index (χ1n) is 12.0. The van der Waals surface area contributed by atoms with Crippen molar-refractivity contribution in [2.75, 3.05) is 29.0 Å². The Balaban J connectivity index is 1.46. The second-order valence-electron chi connectivity index (χ2n) is 9.64. The quantitative estimate of drug-likeness (QED) is 0.404. The first-order valence-corrected chi connectivity index (χ1v) is 13.9. The van der Waals surface area contributed by atoms with Gasteiger partial charge in [0.1, 0.15) is 11.6 Å². The zero-order chi connectivity index (χ0) is 27.8. The Morgan fingerprint density at radius 3 is 2.42 bits per heavy atom. The Labute approximate surface area is 218 Å². The molecule has 12 heteroatoms. The Hall–Kier alpha value is -3.41. The summed E-state index contributed by atoms with van der Waals surface area (Å²) < 4.78 is 78.8. The summed E-state index contributed by atoms with van der Waals surface area (Å²) in [6.45, 7) is 3.79. The molecular weight excluding hydrogens is 524 g/mol. The van der Waals surface area contributed by atoms with Gasteiger partial charge < -0.3 is 10.2 Å². The Kier molecular flexibility index (Phi) is 7.55. The number of pyridine rings is 1. The van der Waals surface area contributed by atoms with Crippen LogP contribution in [0.3, 0.4) is 0 Å². The maximum Gasteiger partial charge on any atom is 0.391 e. The van der Waals surface area contributed by atoms with Crippen molar-refractivity contribution in [3.8, 4) is 0 Å². The highest BCUT2D eigenvalue weighted by atomic mass is 32.2. The number of anilines is 2. The van der Waals surface area contributed by atoms with Crippen molar-refractivity contribution >= 4 is 38.3 Å². The zero-order valence-corrected chi connectivity index (χ0v) is 21.9. The minimum absolute atomic E-state index is 0.0254. The number of carbonyl (C=O) groups is 1. The number of carbonyl (C=O) groups excluding carboxylic acids is 1. The van der Waals surface area contributed by atoms with Crippen LogP contribution in [0.2, 0.25) is 0 Å². The van der Waals surface area contributed by atoms with E-state index in [4.69, 9.17) is 0 Å². The van der Waals surface area contributed by atoms with Crippen LogP contribution in [-0.4, -0.2) is 44.8 Å². The molecule has 204 valence electrons. The van der Waals surface area contributed by atoms with Crippen LogP contribution < -0.4 is 14.9 Å². The van der Waals surface area contributed by atoms with Crippen LogP contribution in [0, 0.1) is 18.7 Å². The number of aryl methyl sites for hydroxylation is 1. The van der Waals surface area contributed by atoms with E-state index in [1.165, 1.54) is 6.07 Å². The molecular formula is C26H28F4N4O3S. The highest BCUT2D eigenvalue weighted by Gasteiger charge is 2.41. The van der Waals surface area contributed by atoms with Crippen molar-refractivity contribution in [1.82, 2.24) is 10.3 Å². The number of hydrogen-bond acceptors (Lipinski definition) is 5. The van der Waals surface area contributed by atoms with Gasteiger partial charge in [0.05, 0.1) is 29.4 Å². The SMILES string of the molecule is Cc1cc(C(C)NC(=O)c2ccc3nc(N4CCC(C(F)(F)F)CC4)ccc3c2)c(F)cc1NS(C)(=O)=O. The molecule has 3 aromatic rings. The molecule has 2 aromatic carbocycles. The first-order chi connectivity index (χ1) is 17.7. The molecule has 0 aliphatic carbocycles. The van der Waals surface area contributed by atoms with E-state index in [-0.39, 0.29) is 37.2 Å². The minimum atomic E-state index is -4.18. The third-order valence-electron chi connectivity index (χ3n) is 6.67. The van der Waals surface area contributed by atoms with Crippen molar-refractivity contribution in [2.45, 2.75) is 38.9 Å². The lowest BCUT2D eigenvalue weighted by molar-refractivity contribution is -0.179. The lowest BCUT2D eigenvalue weighted by Crippen LogP contribution is -2.39. The monoisotopic (exact) mass is 552 g/mol. The molecule has 1 aromatic heterocycles. The van der Waals surface area contributed by atoms with Gasteiger partial charge in [0, 0.05) is 29.6 Å². The van der Waals surface area contributed by atoms with Gasteiger partial charge in [-0.25, -0.2) is 17.8 Å². The lowest BCUT2D eigenvalue weighted by Gasteiger charge is -2.33. The number of aromatic nitrogens is 1. The number of hydrogen-bond donors (Lipinski definition) is 2. The zero-order valence-electron chi connectivity index (χ0n) is 21.1. The van der Waals surface area contributed by atoms with E-state index in [0.717, 1.165) is 12.3 Å². The number of nitrogens with one attached hydrogen (secondary N) is 2. The van der Waals surface area contributed by atoms with Gasteiger partial charge in [-0.05, 0) is 74.7 Å². The fourth-order valence-corrected chi connectivity index (χ4v) is 5.19. The summed E-state index contributed by atoms with van der Waals surface area (Å²) in [5, 5.41) is 3.43. The molecule has 1 aliphatic rings. The smallest absolute Gasteiger partial charge is 0.357 e. The van der Waals surface area contributed by atoms with Crippen LogP contribution in [0.5, 0.6) is 0 Å². The number of amides is 1. The fraction of sp³-hybridized carbons (Fsp3) is 0.385. The number of piperidine rings is 1. The molecule has 1 atom stereocenters. The predicted molar refractivity (Wildman–Crippen MR) is 138 cm³/mol. The number of rotatable bonds is 6. The Bertz CT molecular complexity index is 1470. The lowest BCUT2D eigenvalue weighted by atomic mass is 9.96. The van der Waals surface area contributed by atoms with E-state index in [1.54, 1.807) is 44.2 Å². The topological polar surface area (TPSA) is 91.4 Å². The van der Waals surface area contributed by atoms with E-state index in [2.05, 4.69) is 15.0 Å². The highest BCUT2D eigenvalue weighted by molar-refractivity contribution is 7.92. The molecule has 2 N–H and O–H groups in total. The predicted octanol–water partition coefficient (Wildman–Crippen LogP) is 5.32. The molecule has 1 saturated heterocycles. The molecule has 1 amide bonds. The van der Waals surface area contributed by atoms with Gasteiger partial charge in [0.25, 0.3) is 5.91 Å². The van der Waals surface area contributed by atoms with Crippen molar-refractivity contribution < 1.29 is 30.8 Å². The molecule has 0 saturated carbocycles. The second kappa shape index (κ2) is 10.4. The first kappa shape index (κ1) is 27.6. The van der Waals surface area contributed by atoms with Gasteiger partial charge in [-0.15, -0.1) is 0 Å². The van der Waals surface area contributed by atoms with Crippen molar-refractivity contribution in [2.24, 2.45) is 5.92 Å². The van der Waals surface area contributed by atoms with E-state index in [1.807, 2.05) is 4.90 Å². The molecule has 0 spiro atoms. The van der Waals surface area contributed by atoms with Crippen molar-refractivity contribution in [3.05, 3.63) is 65.0 Å². The average molecular weight is 553 g/mol. The van der Waals surface area contributed by atoms with Crippen LogP contribution >= 0.6 is 0 Å². The van der Waals surface area contributed by atoms with Crippen molar-refractivity contribution in [1.29, 1.82) is 0 Å². The van der Waals surface area contributed by atoms with Crippen LogP contribution in [0.25, 0.3) is 10.9 Å². The van der Waals surface area contributed by atoms with Gasteiger partial charge in [-0.2, -0.15) is 13.2 Å². The summed E-state index contributed by atoms with van der Waals surface area (Å²) >= 11 is 0. The third kappa shape index (κ3) is 6.35. The van der Waals surface area contributed by atoms with E-state index in [9.17, 15) is 30.8 Å². The average Bonchev–Trinajstić information content (AvgIpc) is 2.84. The molecule has 38 heavy (non-hydrogen) atoms. The van der Waals surface area contributed by atoms with E-state index < -0.39 is 39.9 Å². The van der Waals surface area contributed by atoms with Gasteiger partial charge in [-0.1, -0.05) is 0 Å². The van der Waals surface area contributed by atoms with Crippen LogP contribution in [-0.2, 0) is 10.0 Å². The van der Waals surface area contributed by atoms with Gasteiger partial charge >= 0.3 is 6.18 Å². The Morgan fingerprint density at radius 2 is 1.79 bits per heavy atom. The third-order valence-corrected chi connectivity index (χ3v) is 7.26. The molecule has 1 aliphatic heterocycles. The van der Waals surface area contributed by atoms with Gasteiger partial charge in [0.15, 0.2) is 0 Å². The van der Waals surface area contributed by atoms with Crippen LogP contribution in [0.4, 0.5) is 29.1 Å². The molecule has 0 radical (unpaired) electrons. The van der Waals surface area contributed by atoms with Gasteiger partial charge in [0.2, 0.25) is 10.0 Å². The molecule has 1 fully saturated rings. The number of fused-ring (bicyclic) bond motifs is 1. The molecule has 7 nitrogen and oxygen atoms in total. The molecule has 2 heterocycles. The van der Waals surface area contributed by atoms with Gasteiger partial charge in [-0.3, -0.25) is 9.52 Å². The molecule has 4 rings (SSSR count). The maximum atomic E-state index is 14.7. The standard InChI is InChI=1S/C26H28F4N4O3S/c1-15-12-20(21(27)14-23(15)33-38(3,36)37)16(2)31-25(35)18-4-6-22-17(13-18)5-7-24(32-22)34-10-8-19(9-11-34)26(28,29)30/h4-7,12-14,16,19,33H,8-11H2,1-3H3,(H,31,35). The summed E-state index contributed by atoms with van der Waals surface area (Å²) in [7, 11) is -3.57. The number of nitrogens with zero attached hydrogens (tertiary/aromatic N) is 2. The number of alkyl halides is 3. The number of halogens is 4. The van der Waals surface area contributed by atoms with Crippen LogP contribution in [0.15, 0.2) is 42.5 Å². The fourth-order valence-electron chi connectivity index (χ4n) is 4.57. The van der Waals surface area contributed by atoms with Crippen molar-refractivity contribution in [3.63, 3.8) is 0 Å². The van der Waals surface area contributed by atoms with E-state index >= 15 is 0 Å². The summed E-state index contributed by atoms with van der Waals surface area (Å²) in [5.74, 6) is -1.80. The maximum absolute atomic E-state index is 14.7. The molecule has 1 unspecified atom stereocenters. The number of benzene rings is 2. The normalized spacial score (nSPS) is 15.9. The summed E-state index contributed by atoms with van der Waals surface area (Å²) in [6, 6.07) is 10.2. The second-order valence-corrected chi connectivity index (χ2v) is 11.4. The molecule has 0 bridgehead atoms. The van der Waals surface area contributed by atoms with E-state index in [0.29, 0.717) is 27.8 Å². The summed E-state index contributed by atoms with van der Waals surface area (Å²) in [5.41, 5.74) is 1.76. The largest absolute Gasteiger partial charge is 0.391 e. The highest BCUT2D eigenvalue weighted by Crippen LogP contribution is 2.35. The minimum Gasteiger partial charge on any atom is -0.357 e. The van der Waals surface area contributed by atoms with Crippen LogP contribution in [0.1, 0.15) is 47.3 Å². The Morgan fingerprint density at radius 1 is 1.11 bits per heavy atom. The summed E-state index contributed by atoms with van der Waals surface area (Å²) in [4.78, 5) is 19.3. The number of sulfonamides is 1. The summed E-state index contributed by atoms with van der Waals surface area (Å²) in [6.07, 6.45) is -3.16.